The summed E-state index contributed by atoms with van der Waals surface area (Å²) in [7, 11) is 0. The molecule has 1 heterocycles. The zero-order valence-corrected chi connectivity index (χ0v) is 9.42. The van der Waals surface area contributed by atoms with Gasteiger partial charge in [0.05, 0.1) is 11.0 Å². The topological polar surface area (TPSA) is 43.8 Å². The van der Waals surface area contributed by atoms with E-state index in [2.05, 4.69) is 4.98 Å². The van der Waals surface area contributed by atoms with Crippen molar-refractivity contribution in [2.24, 2.45) is 0 Å². The summed E-state index contributed by atoms with van der Waals surface area (Å²) in [5.41, 5.74) is 6.73. The van der Waals surface area contributed by atoms with Crippen LogP contribution in [0.1, 0.15) is 25.7 Å². The molecule has 0 amide bonds. The third kappa shape index (κ3) is 1.94. The molecule has 0 unspecified atom stereocenters. The Bertz CT molecular complexity index is 555. The molecule has 92 valence electrons. The highest BCUT2D eigenvalue weighted by Crippen LogP contribution is 2.34. The molecule has 2 rings (SSSR count). The molecule has 0 atom stereocenters. The SMILES string of the molecule is CC(C)n1c(C(F)(F)F)nc2ccc(N)cc21. The zero-order chi connectivity index (χ0) is 12.8. The van der Waals surface area contributed by atoms with E-state index in [1.807, 2.05) is 0 Å². The van der Waals surface area contributed by atoms with Crippen molar-refractivity contribution in [3.63, 3.8) is 0 Å². The minimum atomic E-state index is -4.46. The maximum Gasteiger partial charge on any atom is 0.449 e. The van der Waals surface area contributed by atoms with Gasteiger partial charge in [0.25, 0.3) is 0 Å². The minimum Gasteiger partial charge on any atom is -0.399 e. The van der Waals surface area contributed by atoms with Crippen molar-refractivity contribution < 1.29 is 13.2 Å². The molecular formula is C11H12F3N3. The number of halogens is 3. The minimum absolute atomic E-state index is 0.306. The number of nitrogen functional groups attached to an aromatic ring is 1. The second-order valence-corrected chi connectivity index (χ2v) is 4.15. The van der Waals surface area contributed by atoms with Crippen molar-refractivity contribution in [1.82, 2.24) is 9.55 Å². The largest absolute Gasteiger partial charge is 0.449 e. The Morgan fingerprint density at radius 2 is 1.94 bits per heavy atom. The van der Waals surface area contributed by atoms with E-state index >= 15 is 0 Å². The lowest BCUT2D eigenvalue weighted by molar-refractivity contribution is -0.147. The van der Waals surface area contributed by atoms with Crippen LogP contribution in [0.15, 0.2) is 18.2 Å². The number of anilines is 1. The van der Waals surface area contributed by atoms with Gasteiger partial charge in [-0.15, -0.1) is 0 Å². The number of fused-ring (bicyclic) bond motifs is 1. The quantitative estimate of drug-likeness (QED) is 0.781. The van der Waals surface area contributed by atoms with Gasteiger partial charge in [-0.05, 0) is 32.0 Å². The second kappa shape index (κ2) is 3.65. The standard InChI is InChI=1S/C11H12F3N3/c1-6(2)17-9-5-7(15)3-4-8(9)16-10(17)11(12,13)14/h3-6H,15H2,1-2H3. The first-order valence-electron chi connectivity index (χ1n) is 5.15. The molecule has 0 saturated carbocycles. The highest BCUT2D eigenvalue weighted by Gasteiger charge is 2.38. The van der Waals surface area contributed by atoms with Crippen molar-refractivity contribution in [2.75, 3.05) is 5.73 Å². The molecule has 0 spiro atoms. The summed E-state index contributed by atoms with van der Waals surface area (Å²) in [6.07, 6.45) is -4.46. The van der Waals surface area contributed by atoms with E-state index in [0.717, 1.165) is 4.57 Å². The molecule has 0 aliphatic carbocycles. The first kappa shape index (κ1) is 11.8. The summed E-state index contributed by atoms with van der Waals surface area (Å²) in [5, 5.41) is 0. The fraction of sp³-hybridized carbons (Fsp3) is 0.364. The summed E-state index contributed by atoms with van der Waals surface area (Å²) >= 11 is 0. The van der Waals surface area contributed by atoms with Crippen molar-refractivity contribution in [3.05, 3.63) is 24.0 Å². The highest BCUT2D eigenvalue weighted by molar-refractivity contribution is 5.80. The number of alkyl halides is 3. The first-order chi connectivity index (χ1) is 7.80. The van der Waals surface area contributed by atoms with E-state index in [4.69, 9.17) is 5.73 Å². The van der Waals surface area contributed by atoms with Crippen LogP contribution < -0.4 is 5.73 Å². The van der Waals surface area contributed by atoms with Crippen LogP contribution in [0.3, 0.4) is 0 Å². The van der Waals surface area contributed by atoms with Crippen LogP contribution in [0.4, 0.5) is 18.9 Å². The van der Waals surface area contributed by atoms with Gasteiger partial charge in [0.1, 0.15) is 0 Å². The highest BCUT2D eigenvalue weighted by atomic mass is 19.4. The third-order valence-corrected chi connectivity index (χ3v) is 2.48. The first-order valence-corrected chi connectivity index (χ1v) is 5.15. The van der Waals surface area contributed by atoms with Gasteiger partial charge in [0.2, 0.25) is 5.82 Å². The van der Waals surface area contributed by atoms with Crippen LogP contribution in [0.2, 0.25) is 0 Å². The van der Waals surface area contributed by atoms with Crippen LogP contribution >= 0.6 is 0 Å². The predicted octanol–water partition coefficient (Wildman–Crippen LogP) is 3.22. The average Bonchev–Trinajstić information content (AvgIpc) is 2.55. The number of hydrogen-bond donors (Lipinski definition) is 1. The Labute approximate surface area is 96.0 Å². The van der Waals surface area contributed by atoms with Gasteiger partial charge in [0.15, 0.2) is 0 Å². The van der Waals surface area contributed by atoms with E-state index < -0.39 is 12.0 Å². The third-order valence-electron chi connectivity index (χ3n) is 2.48. The van der Waals surface area contributed by atoms with Gasteiger partial charge >= 0.3 is 6.18 Å². The van der Waals surface area contributed by atoms with E-state index in [1.165, 1.54) is 12.1 Å². The van der Waals surface area contributed by atoms with E-state index in [0.29, 0.717) is 16.7 Å². The fourth-order valence-electron chi connectivity index (χ4n) is 1.83. The molecule has 1 aromatic carbocycles. The number of benzene rings is 1. The van der Waals surface area contributed by atoms with Gasteiger partial charge in [-0.1, -0.05) is 0 Å². The Balaban J connectivity index is 2.81. The van der Waals surface area contributed by atoms with Gasteiger partial charge in [-0.2, -0.15) is 13.2 Å². The molecule has 17 heavy (non-hydrogen) atoms. The normalized spacial score (nSPS) is 12.6. The monoisotopic (exact) mass is 243 g/mol. The van der Waals surface area contributed by atoms with Crippen molar-refractivity contribution >= 4 is 16.7 Å². The smallest absolute Gasteiger partial charge is 0.399 e. The van der Waals surface area contributed by atoms with Gasteiger partial charge in [-0.3, -0.25) is 0 Å². The summed E-state index contributed by atoms with van der Waals surface area (Å²) in [6, 6.07) is 4.22. The van der Waals surface area contributed by atoms with Crippen LogP contribution in [0, 0.1) is 0 Å². The summed E-state index contributed by atoms with van der Waals surface area (Å²) in [5.74, 6) is -0.881. The lowest BCUT2D eigenvalue weighted by Gasteiger charge is -2.14. The second-order valence-electron chi connectivity index (χ2n) is 4.15. The van der Waals surface area contributed by atoms with Crippen LogP contribution in [0.25, 0.3) is 11.0 Å². The van der Waals surface area contributed by atoms with E-state index in [1.54, 1.807) is 19.9 Å². The number of rotatable bonds is 1. The number of nitrogens with two attached hydrogens (primary N) is 1. The van der Waals surface area contributed by atoms with Gasteiger partial charge in [-0.25, -0.2) is 4.98 Å². The Morgan fingerprint density at radius 1 is 1.29 bits per heavy atom. The summed E-state index contributed by atoms with van der Waals surface area (Å²) in [6.45, 7) is 3.36. The fourth-order valence-corrected chi connectivity index (χ4v) is 1.83. The average molecular weight is 243 g/mol. The van der Waals surface area contributed by atoms with Crippen molar-refractivity contribution in [1.29, 1.82) is 0 Å². The number of nitrogens with zero attached hydrogens (tertiary/aromatic N) is 2. The summed E-state index contributed by atoms with van der Waals surface area (Å²) < 4.78 is 39.7. The van der Waals surface area contributed by atoms with E-state index in [9.17, 15) is 13.2 Å². The molecule has 0 aliphatic rings. The van der Waals surface area contributed by atoms with Crippen molar-refractivity contribution in [2.45, 2.75) is 26.1 Å². The van der Waals surface area contributed by atoms with Crippen LogP contribution in [0.5, 0.6) is 0 Å². The maximum atomic E-state index is 12.8. The lowest BCUT2D eigenvalue weighted by atomic mass is 10.2. The lowest BCUT2D eigenvalue weighted by Crippen LogP contribution is -2.16. The molecule has 0 bridgehead atoms. The molecular weight excluding hydrogens is 231 g/mol. The molecule has 2 N–H and O–H groups in total. The number of hydrogen-bond acceptors (Lipinski definition) is 2. The van der Waals surface area contributed by atoms with Crippen LogP contribution in [-0.4, -0.2) is 9.55 Å². The maximum absolute atomic E-state index is 12.8. The molecule has 3 nitrogen and oxygen atoms in total. The molecule has 6 heteroatoms. The Kier molecular flexibility index (Phi) is 2.52. The zero-order valence-electron chi connectivity index (χ0n) is 9.42. The van der Waals surface area contributed by atoms with E-state index in [-0.39, 0.29) is 6.04 Å². The molecule has 0 radical (unpaired) electrons. The molecule has 1 aromatic heterocycles. The molecule has 0 fully saturated rings. The number of aromatic nitrogens is 2. The predicted molar refractivity (Wildman–Crippen MR) is 59.5 cm³/mol. The molecule has 0 saturated heterocycles. The number of imidazole rings is 1. The summed E-state index contributed by atoms with van der Waals surface area (Å²) in [4.78, 5) is 3.63. The van der Waals surface area contributed by atoms with Crippen LogP contribution in [-0.2, 0) is 6.18 Å². The Morgan fingerprint density at radius 3 is 2.47 bits per heavy atom. The molecule has 0 aliphatic heterocycles. The Hall–Kier alpha value is -1.72. The van der Waals surface area contributed by atoms with Crippen molar-refractivity contribution in [3.8, 4) is 0 Å². The molecule has 2 aromatic rings. The van der Waals surface area contributed by atoms with Gasteiger partial charge < -0.3 is 10.3 Å². The van der Waals surface area contributed by atoms with Gasteiger partial charge in [0, 0.05) is 11.7 Å².